The van der Waals surface area contributed by atoms with Crippen molar-refractivity contribution in [1.29, 1.82) is 0 Å². The van der Waals surface area contributed by atoms with Gasteiger partial charge in [0.2, 0.25) is 5.91 Å². The molecule has 3 N–H and O–H groups in total. The zero-order valence-electron chi connectivity index (χ0n) is 9.12. The van der Waals surface area contributed by atoms with Gasteiger partial charge >= 0.3 is 0 Å². The fourth-order valence-corrected chi connectivity index (χ4v) is 1.43. The summed E-state index contributed by atoms with van der Waals surface area (Å²) in [5, 5.41) is 2.72. The van der Waals surface area contributed by atoms with Gasteiger partial charge in [0.15, 0.2) is 5.78 Å². The summed E-state index contributed by atoms with van der Waals surface area (Å²) in [4.78, 5) is 22.8. The predicted molar refractivity (Wildman–Crippen MR) is 61.2 cm³/mol. The molecule has 1 aliphatic carbocycles. The molecule has 4 heteroatoms. The summed E-state index contributed by atoms with van der Waals surface area (Å²) in [7, 11) is 0. The van der Waals surface area contributed by atoms with Gasteiger partial charge in [-0.05, 0) is 31.9 Å². The van der Waals surface area contributed by atoms with E-state index in [9.17, 15) is 9.59 Å². The fraction of sp³-hybridized carbons (Fsp3) is 0.333. The van der Waals surface area contributed by atoms with E-state index in [1.54, 1.807) is 24.3 Å². The Morgan fingerprint density at radius 1 is 1.38 bits per heavy atom. The molecule has 2 rings (SSSR count). The van der Waals surface area contributed by atoms with Crippen molar-refractivity contribution in [2.24, 2.45) is 5.73 Å². The molecule has 0 atom stereocenters. The highest BCUT2D eigenvalue weighted by molar-refractivity contribution is 6.01. The molecule has 0 aliphatic heterocycles. The van der Waals surface area contributed by atoms with Gasteiger partial charge in [0.1, 0.15) is 0 Å². The number of ketones is 1. The van der Waals surface area contributed by atoms with E-state index < -0.39 is 5.54 Å². The van der Waals surface area contributed by atoms with Gasteiger partial charge < -0.3 is 11.1 Å². The van der Waals surface area contributed by atoms with Crippen LogP contribution in [-0.4, -0.2) is 17.2 Å². The normalized spacial score (nSPS) is 16.6. The summed E-state index contributed by atoms with van der Waals surface area (Å²) < 4.78 is 0. The number of hydrogen-bond donors (Lipinski definition) is 2. The minimum Gasteiger partial charge on any atom is -0.324 e. The van der Waals surface area contributed by atoms with Crippen LogP contribution in [0.2, 0.25) is 0 Å². The summed E-state index contributed by atoms with van der Waals surface area (Å²) in [6.07, 6.45) is 1.45. The molecule has 0 unspecified atom stereocenters. The fourth-order valence-electron chi connectivity index (χ4n) is 1.43. The van der Waals surface area contributed by atoms with Crippen molar-refractivity contribution < 1.29 is 9.59 Å². The van der Waals surface area contributed by atoms with Crippen molar-refractivity contribution >= 4 is 17.4 Å². The average Bonchev–Trinajstić information content (AvgIpc) is 2.98. The van der Waals surface area contributed by atoms with E-state index in [0.717, 1.165) is 12.8 Å². The van der Waals surface area contributed by atoms with E-state index in [1.807, 2.05) is 0 Å². The van der Waals surface area contributed by atoms with Gasteiger partial charge in [-0.3, -0.25) is 9.59 Å². The summed E-state index contributed by atoms with van der Waals surface area (Å²) in [6, 6.07) is 6.86. The van der Waals surface area contributed by atoms with Crippen LogP contribution >= 0.6 is 0 Å². The number of carbonyl (C=O) groups excluding carboxylic acids is 2. The zero-order valence-corrected chi connectivity index (χ0v) is 9.12. The number of benzene rings is 1. The minimum absolute atomic E-state index is 0.0232. The van der Waals surface area contributed by atoms with Crippen LogP contribution in [0.1, 0.15) is 30.1 Å². The molecule has 0 spiro atoms. The second kappa shape index (κ2) is 3.72. The second-order valence-corrected chi connectivity index (χ2v) is 4.25. The van der Waals surface area contributed by atoms with Gasteiger partial charge in [-0.25, -0.2) is 0 Å². The van der Waals surface area contributed by atoms with Crippen LogP contribution in [0.3, 0.4) is 0 Å². The molecule has 1 fully saturated rings. The van der Waals surface area contributed by atoms with Crippen molar-refractivity contribution in [3.63, 3.8) is 0 Å². The molecule has 1 aromatic carbocycles. The van der Waals surface area contributed by atoms with Crippen LogP contribution in [0.25, 0.3) is 0 Å². The average molecular weight is 218 g/mol. The molecule has 0 aromatic heterocycles. The first-order chi connectivity index (χ1) is 7.51. The number of hydrogen-bond acceptors (Lipinski definition) is 3. The first-order valence-electron chi connectivity index (χ1n) is 5.23. The largest absolute Gasteiger partial charge is 0.324 e. The van der Waals surface area contributed by atoms with E-state index >= 15 is 0 Å². The van der Waals surface area contributed by atoms with Crippen molar-refractivity contribution in [2.45, 2.75) is 25.3 Å². The number of carbonyl (C=O) groups is 2. The van der Waals surface area contributed by atoms with Crippen molar-refractivity contribution in [3.8, 4) is 0 Å². The molecule has 84 valence electrons. The highest BCUT2D eigenvalue weighted by Gasteiger charge is 2.45. The predicted octanol–water partition coefficient (Wildman–Crippen LogP) is 1.32. The number of amides is 1. The maximum Gasteiger partial charge on any atom is 0.244 e. The van der Waals surface area contributed by atoms with E-state index in [1.165, 1.54) is 6.92 Å². The third-order valence-corrected chi connectivity index (χ3v) is 2.77. The van der Waals surface area contributed by atoms with Crippen LogP contribution in [-0.2, 0) is 4.79 Å². The summed E-state index contributed by atoms with van der Waals surface area (Å²) >= 11 is 0. The van der Waals surface area contributed by atoms with E-state index in [4.69, 9.17) is 5.73 Å². The molecule has 0 bridgehead atoms. The lowest BCUT2D eigenvalue weighted by Crippen LogP contribution is -2.37. The third kappa shape index (κ3) is 2.12. The zero-order chi connectivity index (χ0) is 11.8. The molecule has 0 radical (unpaired) electrons. The topological polar surface area (TPSA) is 72.2 Å². The number of Topliss-reactive ketones (excluding diaryl/α,β-unsaturated/α-hetero) is 1. The summed E-state index contributed by atoms with van der Waals surface area (Å²) in [5.74, 6) is -0.196. The maximum absolute atomic E-state index is 11.7. The van der Waals surface area contributed by atoms with Gasteiger partial charge in [-0.15, -0.1) is 0 Å². The first kappa shape index (κ1) is 10.8. The number of nitrogens with two attached hydrogens (primary N) is 1. The summed E-state index contributed by atoms with van der Waals surface area (Å²) in [5.41, 5.74) is 6.27. The molecular formula is C12H14N2O2. The highest BCUT2D eigenvalue weighted by Crippen LogP contribution is 2.33. The Bertz CT molecular complexity index is 450. The minimum atomic E-state index is -0.688. The molecule has 16 heavy (non-hydrogen) atoms. The molecule has 4 nitrogen and oxygen atoms in total. The Labute approximate surface area is 93.8 Å². The van der Waals surface area contributed by atoms with Crippen LogP contribution in [0.5, 0.6) is 0 Å². The van der Waals surface area contributed by atoms with Gasteiger partial charge in [0, 0.05) is 11.3 Å². The lowest BCUT2D eigenvalue weighted by Gasteiger charge is -2.10. The quantitative estimate of drug-likeness (QED) is 0.751. The van der Waals surface area contributed by atoms with E-state index in [2.05, 4.69) is 5.32 Å². The van der Waals surface area contributed by atoms with Crippen LogP contribution < -0.4 is 11.1 Å². The van der Waals surface area contributed by atoms with Gasteiger partial charge in [-0.1, -0.05) is 12.1 Å². The monoisotopic (exact) mass is 218 g/mol. The van der Waals surface area contributed by atoms with Crippen molar-refractivity contribution in [1.82, 2.24) is 0 Å². The smallest absolute Gasteiger partial charge is 0.244 e. The SMILES string of the molecule is CC(=O)c1cccc(NC(=O)C2(N)CC2)c1. The molecule has 1 aromatic rings. The number of anilines is 1. The molecule has 1 aliphatic rings. The highest BCUT2D eigenvalue weighted by atomic mass is 16.2. The molecule has 1 amide bonds. The van der Waals surface area contributed by atoms with Crippen molar-refractivity contribution in [3.05, 3.63) is 29.8 Å². The molecule has 0 saturated heterocycles. The van der Waals surface area contributed by atoms with E-state index in [-0.39, 0.29) is 11.7 Å². The lowest BCUT2D eigenvalue weighted by atomic mass is 10.1. The molecule has 1 saturated carbocycles. The second-order valence-electron chi connectivity index (χ2n) is 4.25. The Morgan fingerprint density at radius 2 is 2.06 bits per heavy atom. The Kier molecular flexibility index (Phi) is 2.52. The van der Waals surface area contributed by atoms with Gasteiger partial charge in [0.05, 0.1) is 5.54 Å². The Hall–Kier alpha value is -1.68. The standard InChI is InChI=1S/C12H14N2O2/c1-8(15)9-3-2-4-10(7-9)14-11(16)12(13)5-6-12/h2-4,7H,5-6,13H2,1H3,(H,14,16). The van der Waals surface area contributed by atoms with Crippen LogP contribution in [0, 0.1) is 0 Å². The van der Waals surface area contributed by atoms with Crippen LogP contribution in [0.4, 0.5) is 5.69 Å². The van der Waals surface area contributed by atoms with Gasteiger partial charge in [0.25, 0.3) is 0 Å². The van der Waals surface area contributed by atoms with Crippen LogP contribution in [0.15, 0.2) is 24.3 Å². The number of rotatable bonds is 3. The van der Waals surface area contributed by atoms with Gasteiger partial charge in [-0.2, -0.15) is 0 Å². The van der Waals surface area contributed by atoms with E-state index in [0.29, 0.717) is 11.3 Å². The van der Waals surface area contributed by atoms with Crippen molar-refractivity contribution in [2.75, 3.05) is 5.32 Å². The Balaban J connectivity index is 2.12. The summed E-state index contributed by atoms with van der Waals surface area (Å²) in [6.45, 7) is 1.49. The molecular weight excluding hydrogens is 204 g/mol. The third-order valence-electron chi connectivity index (χ3n) is 2.77. The molecule has 0 heterocycles. The lowest BCUT2D eigenvalue weighted by molar-refractivity contribution is -0.118. The maximum atomic E-state index is 11.7. The first-order valence-corrected chi connectivity index (χ1v) is 5.23. The Morgan fingerprint density at radius 3 is 2.62 bits per heavy atom. The number of nitrogens with one attached hydrogen (secondary N) is 1.